The molecule has 1 aromatic carbocycles. The molecule has 0 radical (unpaired) electrons. The van der Waals surface area contributed by atoms with Crippen molar-refractivity contribution in [2.45, 2.75) is 12.5 Å². The molecule has 2 rings (SSSR count). The van der Waals surface area contributed by atoms with Gasteiger partial charge >= 0.3 is 5.97 Å². The molecule has 1 aliphatic rings. The first kappa shape index (κ1) is 8.10. The lowest BCUT2D eigenvalue weighted by molar-refractivity contribution is -0.139. The van der Waals surface area contributed by atoms with Crippen molar-refractivity contribution < 1.29 is 14.6 Å². The fourth-order valence-corrected chi connectivity index (χ4v) is 1.24. The minimum atomic E-state index is -0.763. The molecule has 0 aromatic heterocycles. The van der Waals surface area contributed by atoms with Gasteiger partial charge in [0.2, 0.25) is 0 Å². The molecule has 1 fully saturated rings. The number of benzene rings is 1. The second kappa shape index (κ2) is 3.09. The Bertz CT molecular complexity index is 307. The van der Waals surface area contributed by atoms with Crippen molar-refractivity contribution in [3.63, 3.8) is 0 Å². The molecule has 1 aromatic rings. The number of rotatable bonds is 3. The van der Waals surface area contributed by atoms with Gasteiger partial charge in [-0.1, -0.05) is 18.2 Å². The van der Waals surface area contributed by atoms with Crippen LogP contribution in [0.2, 0.25) is 0 Å². The van der Waals surface area contributed by atoms with E-state index in [1.165, 1.54) is 0 Å². The molecule has 3 heteroatoms. The molecule has 0 aliphatic heterocycles. The van der Waals surface area contributed by atoms with Crippen molar-refractivity contribution in [2.75, 3.05) is 0 Å². The van der Waals surface area contributed by atoms with Gasteiger partial charge in [0.25, 0.3) is 0 Å². The molecule has 0 heterocycles. The maximum atomic E-state index is 10.5. The van der Waals surface area contributed by atoms with Gasteiger partial charge in [-0.15, -0.1) is 0 Å². The smallest absolute Gasteiger partial charge is 0.310 e. The maximum absolute atomic E-state index is 10.5. The zero-order chi connectivity index (χ0) is 9.26. The highest BCUT2D eigenvalue weighted by atomic mass is 16.5. The Morgan fingerprint density at radius 3 is 2.62 bits per heavy atom. The molecule has 0 bridgehead atoms. The zero-order valence-electron chi connectivity index (χ0n) is 7.01. The van der Waals surface area contributed by atoms with Gasteiger partial charge in [0, 0.05) is 6.42 Å². The molecule has 1 N–H and O–H groups in total. The van der Waals surface area contributed by atoms with E-state index in [9.17, 15) is 4.79 Å². The zero-order valence-corrected chi connectivity index (χ0v) is 7.01. The summed E-state index contributed by atoms with van der Waals surface area (Å²) in [5, 5.41) is 8.62. The summed E-state index contributed by atoms with van der Waals surface area (Å²) < 4.78 is 5.42. The van der Waals surface area contributed by atoms with Gasteiger partial charge in [-0.2, -0.15) is 0 Å². The normalized spacial score (nSPS) is 25.2. The fraction of sp³-hybridized carbons (Fsp3) is 0.300. The van der Waals surface area contributed by atoms with Gasteiger partial charge < -0.3 is 9.84 Å². The molecule has 68 valence electrons. The summed E-state index contributed by atoms with van der Waals surface area (Å²) in [6, 6.07) is 9.30. The van der Waals surface area contributed by atoms with Crippen LogP contribution in [0.15, 0.2) is 30.3 Å². The van der Waals surface area contributed by atoms with Crippen LogP contribution in [0.5, 0.6) is 5.75 Å². The summed E-state index contributed by atoms with van der Waals surface area (Å²) in [6.07, 6.45) is 0.504. The second-order valence-corrected chi connectivity index (χ2v) is 3.15. The Hall–Kier alpha value is -1.51. The van der Waals surface area contributed by atoms with Crippen molar-refractivity contribution in [3.05, 3.63) is 30.3 Å². The van der Waals surface area contributed by atoms with Crippen LogP contribution < -0.4 is 4.74 Å². The predicted octanol–water partition coefficient (Wildman–Crippen LogP) is 1.54. The molecule has 0 spiro atoms. The lowest BCUT2D eigenvalue weighted by Crippen LogP contribution is -2.07. The van der Waals surface area contributed by atoms with Gasteiger partial charge in [0.05, 0.1) is 5.92 Å². The third-order valence-corrected chi connectivity index (χ3v) is 2.08. The summed E-state index contributed by atoms with van der Waals surface area (Å²) in [5.74, 6) is -0.322. The highest BCUT2D eigenvalue weighted by Crippen LogP contribution is 2.34. The van der Waals surface area contributed by atoms with E-state index >= 15 is 0 Å². The Balaban J connectivity index is 1.92. The number of aliphatic carboxylic acids is 1. The van der Waals surface area contributed by atoms with E-state index in [2.05, 4.69) is 0 Å². The van der Waals surface area contributed by atoms with Crippen molar-refractivity contribution in [1.29, 1.82) is 0 Å². The largest absolute Gasteiger partial charge is 0.490 e. The van der Waals surface area contributed by atoms with Gasteiger partial charge in [-0.3, -0.25) is 4.79 Å². The third-order valence-electron chi connectivity index (χ3n) is 2.08. The summed E-state index contributed by atoms with van der Waals surface area (Å²) in [6.45, 7) is 0. The Morgan fingerprint density at radius 2 is 2.08 bits per heavy atom. The van der Waals surface area contributed by atoms with E-state index < -0.39 is 5.97 Å². The summed E-state index contributed by atoms with van der Waals surface area (Å²) in [7, 11) is 0. The average molecular weight is 178 g/mol. The predicted molar refractivity (Wildman–Crippen MR) is 46.6 cm³/mol. The molecule has 2 atom stereocenters. The molecule has 1 saturated carbocycles. The van der Waals surface area contributed by atoms with E-state index in [1.807, 2.05) is 30.3 Å². The molecule has 1 aliphatic carbocycles. The first-order valence-electron chi connectivity index (χ1n) is 4.22. The van der Waals surface area contributed by atoms with E-state index in [1.54, 1.807) is 0 Å². The summed E-state index contributed by atoms with van der Waals surface area (Å²) >= 11 is 0. The Kier molecular flexibility index (Phi) is 1.93. The quantitative estimate of drug-likeness (QED) is 0.763. The van der Waals surface area contributed by atoms with Crippen molar-refractivity contribution >= 4 is 5.97 Å². The number of carboxylic acid groups (broad SMARTS) is 1. The first-order valence-corrected chi connectivity index (χ1v) is 4.22. The monoisotopic (exact) mass is 178 g/mol. The van der Waals surface area contributed by atoms with Crippen molar-refractivity contribution in [2.24, 2.45) is 5.92 Å². The number of hydrogen-bond acceptors (Lipinski definition) is 2. The number of carbonyl (C=O) groups is 1. The molecule has 0 saturated heterocycles. The molecular formula is C10H10O3. The van der Waals surface area contributed by atoms with Gasteiger partial charge in [-0.05, 0) is 12.1 Å². The van der Waals surface area contributed by atoms with Gasteiger partial charge in [-0.25, -0.2) is 0 Å². The Labute approximate surface area is 76.0 Å². The highest BCUT2D eigenvalue weighted by Gasteiger charge is 2.45. The minimum absolute atomic E-state index is 0.125. The van der Waals surface area contributed by atoms with Crippen LogP contribution in [0.25, 0.3) is 0 Å². The Morgan fingerprint density at radius 1 is 1.38 bits per heavy atom. The summed E-state index contributed by atoms with van der Waals surface area (Å²) in [4.78, 5) is 10.5. The minimum Gasteiger partial charge on any atom is -0.490 e. The van der Waals surface area contributed by atoms with Gasteiger partial charge in [0.1, 0.15) is 11.9 Å². The maximum Gasteiger partial charge on any atom is 0.310 e. The van der Waals surface area contributed by atoms with Crippen LogP contribution in [0.1, 0.15) is 6.42 Å². The van der Waals surface area contributed by atoms with Crippen LogP contribution >= 0.6 is 0 Å². The highest BCUT2D eigenvalue weighted by molar-refractivity contribution is 5.74. The topological polar surface area (TPSA) is 46.5 Å². The SMILES string of the molecule is O=C(O)C1CC1Oc1ccccc1. The van der Waals surface area contributed by atoms with Crippen LogP contribution in [0, 0.1) is 5.92 Å². The second-order valence-electron chi connectivity index (χ2n) is 3.15. The standard InChI is InChI=1S/C10H10O3/c11-10(12)8-6-9(8)13-7-4-2-1-3-5-7/h1-5,8-9H,6H2,(H,11,12). The molecular weight excluding hydrogens is 168 g/mol. The van der Waals surface area contributed by atoms with Crippen LogP contribution in [0.4, 0.5) is 0 Å². The number of carboxylic acids is 1. The average Bonchev–Trinajstić information content (AvgIpc) is 2.86. The number of ether oxygens (including phenoxy) is 1. The van der Waals surface area contributed by atoms with E-state index in [4.69, 9.17) is 9.84 Å². The van der Waals surface area contributed by atoms with Crippen LogP contribution in [0.3, 0.4) is 0 Å². The molecule has 0 amide bonds. The number of para-hydroxylation sites is 1. The van der Waals surface area contributed by atoms with Crippen molar-refractivity contribution in [3.8, 4) is 5.75 Å². The third kappa shape index (κ3) is 1.80. The van der Waals surface area contributed by atoms with E-state index in [-0.39, 0.29) is 12.0 Å². The van der Waals surface area contributed by atoms with Crippen LogP contribution in [-0.4, -0.2) is 17.2 Å². The van der Waals surface area contributed by atoms with E-state index in [0.29, 0.717) is 6.42 Å². The summed E-state index contributed by atoms with van der Waals surface area (Å²) in [5.41, 5.74) is 0. The fourth-order valence-electron chi connectivity index (χ4n) is 1.24. The first-order chi connectivity index (χ1) is 6.27. The lowest BCUT2D eigenvalue weighted by Gasteiger charge is -2.02. The van der Waals surface area contributed by atoms with Crippen molar-refractivity contribution in [1.82, 2.24) is 0 Å². The number of hydrogen-bond donors (Lipinski definition) is 1. The lowest BCUT2D eigenvalue weighted by atomic mass is 10.3. The molecule has 2 unspecified atom stereocenters. The molecule has 3 nitrogen and oxygen atoms in total. The van der Waals surface area contributed by atoms with Gasteiger partial charge in [0.15, 0.2) is 0 Å². The molecule has 13 heavy (non-hydrogen) atoms. The van der Waals surface area contributed by atoms with E-state index in [0.717, 1.165) is 5.75 Å². The van der Waals surface area contributed by atoms with Crippen LogP contribution in [-0.2, 0) is 4.79 Å².